The lowest BCUT2D eigenvalue weighted by molar-refractivity contribution is -0.137. The Morgan fingerprint density at radius 2 is 2.08 bits per heavy atom. The predicted molar refractivity (Wildman–Crippen MR) is 50.2 cm³/mol. The van der Waals surface area contributed by atoms with Crippen molar-refractivity contribution in [1.82, 2.24) is 5.32 Å². The summed E-state index contributed by atoms with van der Waals surface area (Å²) in [5.74, 6) is 0.0470. The summed E-state index contributed by atoms with van der Waals surface area (Å²) in [5, 5.41) is 2.68. The van der Waals surface area contributed by atoms with Crippen molar-refractivity contribution in [2.75, 3.05) is 20.3 Å². The highest BCUT2D eigenvalue weighted by molar-refractivity contribution is 5.83. The minimum atomic E-state index is -0.410. The molecule has 0 saturated carbocycles. The maximum absolute atomic E-state index is 11.7. The number of carbonyl (C=O) groups excluding carboxylic acids is 1. The molecule has 0 bridgehead atoms. The molecule has 0 aromatic carbocycles. The van der Waals surface area contributed by atoms with E-state index >= 15 is 0 Å². The third-order valence-electron chi connectivity index (χ3n) is 2.94. The zero-order valence-electron chi connectivity index (χ0n) is 8.30. The molecule has 3 N–H and O–H groups in total. The molecule has 0 radical (unpaired) electrons. The molecule has 1 aliphatic heterocycles. The molecule has 0 aromatic heterocycles. The summed E-state index contributed by atoms with van der Waals surface area (Å²) in [5.41, 5.74) is 5.45. The van der Waals surface area contributed by atoms with Crippen LogP contribution in [0.1, 0.15) is 19.8 Å². The van der Waals surface area contributed by atoms with Crippen LogP contribution < -0.4 is 11.1 Å². The van der Waals surface area contributed by atoms with Gasteiger partial charge in [-0.15, -0.1) is 0 Å². The van der Waals surface area contributed by atoms with Crippen LogP contribution >= 0.6 is 0 Å². The Labute approximate surface area is 78.8 Å². The van der Waals surface area contributed by atoms with E-state index in [1.165, 1.54) is 0 Å². The fraction of sp³-hybridized carbons (Fsp3) is 0.889. The van der Waals surface area contributed by atoms with E-state index < -0.39 is 5.41 Å². The van der Waals surface area contributed by atoms with Crippen LogP contribution in [0.3, 0.4) is 0 Å². The first kappa shape index (κ1) is 10.5. The van der Waals surface area contributed by atoms with E-state index in [1.807, 2.05) is 6.92 Å². The zero-order valence-corrected chi connectivity index (χ0v) is 8.30. The Bertz CT molecular complexity index is 186. The van der Waals surface area contributed by atoms with Crippen molar-refractivity contribution in [1.29, 1.82) is 0 Å². The third-order valence-corrected chi connectivity index (χ3v) is 2.94. The van der Waals surface area contributed by atoms with Gasteiger partial charge in [0.15, 0.2) is 0 Å². The highest BCUT2D eigenvalue weighted by Gasteiger charge is 2.42. The number of nitrogens with one attached hydrogen (secondary N) is 1. The molecule has 0 spiro atoms. The van der Waals surface area contributed by atoms with Gasteiger partial charge < -0.3 is 15.8 Å². The Kier molecular flexibility index (Phi) is 3.27. The van der Waals surface area contributed by atoms with Crippen molar-refractivity contribution < 1.29 is 9.53 Å². The summed E-state index contributed by atoms with van der Waals surface area (Å²) in [6.07, 6.45) is 1.45. The summed E-state index contributed by atoms with van der Waals surface area (Å²) in [7, 11) is 1.65. The summed E-state index contributed by atoms with van der Waals surface area (Å²) in [6.45, 7) is 3.16. The van der Waals surface area contributed by atoms with E-state index in [1.54, 1.807) is 7.05 Å². The number of amides is 1. The highest BCUT2D eigenvalue weighted by atomic mass is 16.5. The van der Waals surface area contributed by atoms with Crippen molar-refractivity contribution in [3.63, 3.8) is 0 Å². The van der Waals surface area contributed by atoms with Gasteiger partial charge in [0.1, 0.15) is 0 Å². The molecule has 1 rings (SSSR count). The predicted octanol–water partition coefficient (Wildman–Crippen LogP) is -0.124. The van der Waals surface area contributed by atoms with Crippen LogP contribution in [0.4, 0.5) is 0 Å². The average molecular weight is 186 g/mol. The lowest BCUT2D eigenvalue weighted by atomic mass is 9.74. The molecule has 76 valence electrons. The highest BCUT2D eigenvalue weighted by Crippen LogP contribution is 2.33. The van der Waals surface area contributed by atoms with Crippen LogP contribution in [-0.2, 0) is 9.53 Å². The zero-order chi connectivity index (χ0) is 9.90. The molecule has 1 atom stereocenters. The van der Waals surface area contributed by atoms with Crippen molar-refractivity contribution in [3.05, 3.63) is 0 Å². The molecule has 1 fully saturated rings. The molecule has 1 unspecified atom stereocenters. The number of ether oxygens (including phenoxy) is 1. The maximum Gasteiger partial charge on any atom is 0.227 e. The van der Waals surface area contributed by atoms with Crippen molar-refractivity contribution >= 4 is 5.91 Å². The molecule has 1 amide bonds. The van der Waals surface area contributed by atoms with Crippen LogP contribution in [0, 0.1) is 5.41 Å². The molecule has 13 heavy (non-hydrogen) atoms. The first-order valence-electron chi connectivity index (χ1n) is 4.69. The second-order valence-electron chi connectivity index (χ2n) is 3.64. The standard InChI is InChI=1S/C9H18N2O2/c1-7(10)9(8(12)11-2)3-5-13-6-4-9/h7H,3-6,10H2,1-2H3,(H,11,12). The molecule has 1 aliphatic rings. The molecule has 1 heterocycles. The van der Waals surface area contributed by atoms with Crippen LogP contribution in [0.5, 0.6) is 0 Å². The first-order chi connectivity index (χ1) is 6.13. The van der Waals surface area contributed by atoms with Crippen LogP contribution in [0.2, 0.25) is 0 Å². The molecular formula is C9H18N2O2. The monoisotopic (exact) mass is 186 g/mol. The lowest BCUT2D eigenvalue weighted by Crippen LogP contribution is -2.53. The Balaban J connectivity index is 2.79. The minimum absolute atomic E-state index is 0.0470. The topological polar surface area (TPSA) is 64.4 Å². The maximum atomic E-state index is 11.7. The molecular weight excluding hydrogens is 168 g/mol. The Hall–Kier alpha value is -0.610. The van der Waals surface area contributed by atoms with Gasteiger partial charge >= 0.3 is 0 Å². The molecule has 4 nitrogen and oxygen atoms in total. The van der Waals surface area contributed by atoms with Gasteiger partial charge in [0.2, 0.25) is 5.91 Å². The summed E-state index contributed by atoms with van der Waals surface area (Å²) in [4.78, 5) is 11.7. The van der Waals surface area contributed by atoms with Gasteiger partial charge in [-0.2, -0.15) is 0 Å². The number of carbonyl (C=O) groups is 1. The normalized spacial score (nSPS) is 23.6. The van der Waals surface area contributed by atoms with E-state index in [2.05, 4.69) is 5.32 Å². The largest absolute Gasteiger partial charge is 0.381 e. The van der Waals surface area contributed by atoms with Crippen LogP contribution in [-0.4, -0.2) is 32.2 Å². The third kappa shape index (κ3) is 1.84. The number of nitrogens with two attached hydrogens (primary N) is 1. The molecule has 1 saturated heterocycles. The second kappa shape index (κ2) is 4.07. The Morgan fingerprint density at radius 3 is 2.46 bits per heavy atom. The van der Waals surface area contributed by atoms with Crippen molar-refractivity contribution in [2.24, 2.45) is 11.1 Å². The number of hydrogen-bond acceptors (Lipinski definition) is 3. The van der Waals surface area contributed by atoms with Gasteiger partial charge in [0.25, 0.3) is 0 Å². The smallest absolute Gasteiger partial charge is 0.227 e. The minimum Gasteiger partial charge on any atom is -0.381 e. The van der Waals surface area contributed by atoms with E-state index in [4.69, 9.17) is 10.5 Å². The lowest BCUT2D eigenvalue weighted by Gasteiger charge is -2.38. The van der Waals surface area contributed by atoms with Crippen molar-refractivity contribution in [3.8, 4) is 0 Å². The number of hydrogen-bond donors (Lipinski definition) is 2. The first-order valence-corrected chi connectivity index (χ1v) is 4.69. The number of rotatable bonds is 2. The average Bonchev–Trinajstić information content (AvgIpc) is 2.17. The fourth-order valence-electron chi connectivity index (χ4n) is 1.87. The molecule has 0 aliphatic carbocycles. The summed E-state index contributed by atoms with van der Waals surface area (Å²) in [6, 6.07) is -0.114. The SMILES string of the molecule is CNC(=O)C1(C(C)N)CCOCC1. The van der Waals surface area contributed by atoms with E-state index in [0.29, 0.717) is 13.2 Å². The van der Waals surface area contributed by atoms with Gasteiger partial charge in [-0.1, -0.05) is 0 Å². The second-order valence-corrected chi connectivity index (χ2v) is 3.64. The summed E-state index contributed by atoms with van der Waals surface area (Å²) < 4.78 is 5.23. The molecule has 0 aromatic rings. The fourth-order valence-corrected chi connectivity index (χ4v) is 1.87. The van der Waals surface area contributed by atoms with E-state index in [9.17, 15) is 4.79 Å². The quantitative estimate of drug-likeness (QED) is 0.631. The summed E-state index contributed by atoms with van der Waals surface area (Å²) >= 11 is 0. The van der Waals surface area contributed by atoms with Gasteiger partial charge in [-0.05, 0) is 19.8 Å². The van der Waals surface area contributed by atoms with E-state index in [-0.39, 0.29) is 11.9 Å². The van der Waals surface area contributed by atoms with E-state index in [0.717, 1.165) is 12.8 Å². The van der Waals surface area contributed by atoms with Gasteiger partial charge in [0.05, 0.1) is 5.41 Å². The van der Waals surface area contributed by atoms with Crippen LogP contribution in [0.25, 0.3) is 0 Å². The molecule has 4 heteroatoms. The Morgan fingerprint density at radius 1 is 1.54 bits per heavy atom. The van der Waals surface area contributed by atoms with Gasteiger partial charge in [-0.25, -0.2) is 0 Å². The van der Waals surface area contributed by atoms with Crippen molar-refractivity contribution in [2.45, 2.75) is 25.8 Å². The van der Waals surface area contributed by atoms with Crippen LogP contribution in [0.15, 0.2) is 0 Å². The van der Waals surface area contributed by atoms with Gasteiger partial charge in [-0.3, -0.25) is 4.79 Å². The van der Waals surface area contributed by atoms with Gasteiger partial charge in [0, 0.05) is 26.3 Å².